The molecule has 0 saturated carbocycles. The molecule has 1 atom stereocenters. The van der Waals surface area contributed by atoms with Crippen molar-refractivity contribution in [3.05, 3.63) is 118 Å². The Labute approximate surface area is 250 Å². The average Bonchev–Trinajstić information content (AvgIpc) is 3.66. The number of nitrogens with zero attached hydrogens (tertiary/aromatic N) is 3. The van der Waals surface area contributed by atoms with Crippen molar-refractivity contribution < 1.29 is 32.5 Å². The standard InChI is InChI=1S/C34H26F3N3O4/c35-27-9-7-22(15-32(27)44-19-25-4-3-20(17-38)12-28(25)36)21-5-6-23(29(37)13-21)16-33-39-30-10-8-24(34(41)42)14-31(30)40(33)18-26-2-1-11-43-26/h3-10,12-15,26H,1-2,11,16,18-19H2,(H,41,42). The molecular weight excluding hydrogens is 571 g/mol. The first-order valence-electron chi connectivity index (χ1n) is 14.0. The lowest BCUT2D eigenvalue weighted by molar-refractivity contribution is 0.0697. The largest absolute Gasteiger partial charge is 0.486 e. The summed E-state index contributed by atoms with van der Waals surface area (Å²) in [7, 11) is 0. The molecule has 0 amide bonds. The second kappa shape index (κ2) is 12.2. The molecular formula is C34H26F3N3O4. The summed E-state index contributed by atoms with van der Waals surface area (Å²) in [6.07, 6.45) is 1.91. The summed E-state index contributed by atoms with van der Waals surface area (Å²) in [5, 5.41) is 18.4. The molecule has 4 aromatic carbocycles. The summed E-state index contributed by atoms with van der Waals surface area (Å²) in [6.45, 7) is 0.872. The Kier molecular flexibility index (Phi) is 8.05. The Balaban J connectivity index is 1.25. The van der Waals surface area contributed by atoms with Crippen LogP contribution < -0.4 is 4.74 Å². The molecule has 1 N–H and O–H groups in total. The summed E-state index contributed by atoms with van der Waals surface area (Å²) in [5.41, 5.74) is 3.08. The molecule has 1 aliphatic heterocycles. The Morgan fingerprint density at radius 2 is 1.75 bits per heavy atom. The number of nitriles is 1. The molecule has 7 nitrogen and oxygen atoms in total. The zero-order chi connectivity index (χ0) is 30.8. The maximum Gasteiger partial charge on any atom is 0.335 e. The van der Waals surface area contributed by atoms with E-state index < -0.39 is 23.4 Å². The summed E-state index contributed by atoms with van der Waals surface area (Å²) in [6, 6.07) is 19.3. The third-order valence-electron chi connectivity index (χ3n) is 7.72. The highest BCUT2D eigenvalue weighted by atomic mass is 19.1. The molecule has 222 valence electrons. The monoisotopic (exact) mass is 597 g/mol. The SMILES string of the molecule is N#Cc1ccc(COc2cc(-c3ccc(Cc4nc5ccc(C(=O)O)cc5n4CC4CCCO4)c(F)c3)ccc2F)c(F)c1. The average molecular weight is 598 g/mol. The van der Waals surface area contributed by atoms with Crippen molar-refractivity contribution in [2.45, 2.75) is 38.5 Å². The van der Waals surface area contributed by atoms with Gasteiger partial charge in [0.2, 0.25) is 0 Å². The number of carboxylic acid groups (broad SMARTS) is 1. The number of imidazole rings is 1. The lowest BCUT2D eigenvalue weighted by Crippen LogP contribution is -2.17. The van der Waals surface area contributed by atoms with E-state index in [-0.39, 0.29) is 41.6 Å². The van der Waals surface area contributed by atoms with Crippen LogP contribution >= 0.6 is 0 Å². The molecule has 1 aliphatic rings. The Morgan fingerprint density at radius 3 is 2.48 bits per heavy atom. The van der Waals surface area contributed by atoms with Crippen molar-refractivity contribution in [2.75, 3.05) is 6.61 Å². The molecule has 2 heterocycles. The van der Waals surface area contributed by atoms with E-state index >= 15 is 4.39 Å². The number of rotatable bonds is 9. The second-order valence-corrected chi connectivity index (χ2v) is 10.6. The van der Waals surface area contributed by atoms with Crippen LogP contribution in [0, 0.1) is 28.8 Å². The molecule has 1 unspecified atom stereocenters. The third kappa shape index (κ3) is 6.00. The predicted octanol–water partition coefficient (Wildman–Crippen LogP) is 7.04. The predicted molar refractivity (Wildman–Crippen MR) is 156 cm³/mol. The van der Waals surface area contributed by atoms with Crippen molar-refractivity contribution in [2.24, 2.45) is 0 Å². The van der Waals surface area contributed by atoms with Crippen molar-refractivity contribution in [3.63, 3.8) is 0 Å². The molecule has 0 spiro atoms. The van der Waals surface area contributed by atoms with Crippen molar-refractivity contribution in [1.82, 2.24) is 9.55 Å². The number of ether oxygens (including phenoxy) is 2. The Morgan fingerprint density at radius 1 is 0.977 bits per heavy atom. The van der Waals surface area contributed by atoms with Crippen LogP contribution in [0.15, 0.2) is 72.8 Å². The van der Waals surface area contributed by atoms with Crippen LogP contribution in [0.2, 0.25) is 0 Å². The van der Waals surface area contributed by atoms with E-state index in [4.69, 9.17) is 19.7 Å². The van der Waals surface area contributed by atoms with Gasteiger partial charge in [0.1, 0.15) is 24.1 Å². The molecule has 0 bridgehead atoms. The first-order chi connectivity index (χ1) is 21.3. The quantitative estimate of drug-likeness (QED) is 0.196. The summed E-state index contributed by atoms with van der Waals surface area (Å²) in [4.78, 5) is 16.3. The van der Waals surface area contributed by atoms with E-state index in [1.165, 1.54) is 42.5 Å². The number of halogens is 3. The normalized spacial score (nSPS) is 14.5. The Hall–Kier alpha value is -5.14. The van der Waals surface area contributed by atoms with Gasteiger partial charge in [-0.1, -0.05) is 24.3 Å². The van der Waals surface area contributed by atoms with Gasteiger partial charge in [0.05, 0.1) is 40.9 Å². The van der Waals surface area contributed by atoms with Crippen LogP contribution in [0.5, 0.6) is 5.75 Å². The number of hydrogen-bond acceptors (Lipinski definition) is 5. The fourth-order valence-electron chi connectivity index (χ4n) is 5.36. The molecule has 0 aliphatic carbocycles. The number of aromatic nitrogens is 2. The van der Waals surface area contributed by atoms with Crippen LogP contribution in [0.4, 0.5) is 13.2 Å². The number of hydrogen-bond donors (Lipinski definition) is 1. The van der Waals surface area contributed by atoms with E-state index in [2.05, 4.69) is 0 Å². The zero-order valence-corrected chi connectivity index (χ0v) is 23.4. The molecule has 44 heavy (non-hydrogen) atoms. The van der Waals surface area contributed by atoms with E-state index in [0.29, 0.717) is 46.7 Å². The molecule has 1 aromatic heterocycles. The van der Waals surface area contributed by atoms with Gasteiger partial charge in [0, 0.05) is 18.6 Å². The van der Waals surface area contributed by atoms with Gasteiger partial charge >= 0.3 is 5.97 Å². The van der Waals surface area contributed by atoms with E-state index in [0.717, 1.165) is 18.9 Å². The highest BCUT2D eigenvalue weighted by Gasteiger charge is 2.22. The lowest BCUT2D eigenvalue weighted by Gasteiger charge is -2.15. The fraction of sp³-hybridized carbons (Fsp3) is 0.206. The first-order valence-corrected chi connectivity index (χ1v) is 14.0. The fourth-order valence-corrected chi connectivity index (χ4v) is 5.36. The van der Waals surface area contributed by atoms with Gasteiger partial charge in [0.25, 0.3) is 0 Å². The maximum atomic E-state index is 15.5. The van der Waals surface area contributed by atoms with E-state index in [9.17, 15) is 18.7 Å². The van der Waals surface area contributed by atoms with Crippen molar-refractivity contribution in [3.8, 4) is 22.9 Å². The lowest BCUT2D eigenvalue weighted by atomic mass is 10.0. The second-order valence-electron chi connectivity index (χ2n) is 10.6. The third-order valence-corrected chi connectivity index (χ3v) is 7.72. The number of carbonyl (C=O) groups is 1. The van der Waals surface area contributed by atoms with Gasteiger partial charge in [-0.05, 0) is 78.1 Å². The van der Waals surface area contributed by atoms with Crippen LogP contribution in [0.3, 0.4) is 0 Å². The van der Waals surface area contributed by atoms with Gasteiger partial charge in [-0.2, -0.15) is 5.26 Å². The number of benzene rings is 4. The zero-order valence-electron chi connectivity index (χ0n) is 23.4. The van der Waals surface area contributed by atoms with Gasteiger partial charge < -0.3 is 19.1 Å². The highest BCUT2D eigenvalue weighted by Crippen LogP contribution is 2.30. The van der Waals surface area contributed by atoms with E-state index in [1.807, 2.05) is 10.6 Å². The number of fused-ring (bicyclic) bond motifs is 1. The topological polar surface area (TPSA) is 97.4 Å². The van der Waals surface area contributed by atoms with Gasteiger partial charge in [0.15, 0.2) is 11.6 Å². The van der Waals surface area contributed by atoms with Gasteiger partial charge in [-0.3, -0.25) is 0 Å². The number of aromatic carboxylic acids is 1. The molecule has 0 radical (unpaired) electrons. The van der Waals surface area contributed by atoms with Gasteiger partial charge in [-0.25, -0.2) is 22.9 Å². The summed E-state index contributed by atoms with van der Waals surface area (Å²) < 4.78 is 57.6. The molecule has 10 heteroatoms. The van der Waals surface area contributed by atoms with E-state index in [1.54, 1.807) is 24.3 Å². The number of carboxylic acids is 1. The van der Waals surface area contributed by atoms with Gasteiger partial charge in [-0.15, -0.1) is 0 Å². The maximum absolute atomic E-state index is 15.5. The summed E-state index contributed by atoms with van der Waals surface area (Å²) in [5.74, 6) is -2.37. The van der Waals surface area contributed by atoms with Crippen molar-refractivity contribution >= 4 is 17.0 Å². The smallest absolute Gasteiger partial charge is 0.335 e. The molecule has 6 rings (SSSR count). The molecule has 5 aromatic rings. The van der Waals surface area contributed by atoms with Crippen LogP contribution in [-0.2, 0) is 24.3 Å². The Bertz CT molecular complexity index is 1930. The van der Waals surface area contributed by atoms with Crippen LogP contribution in [0.1, 0.15) is 45.7 Å². The minimum Gasteiger partial charge on any atom is -0.486 e. The molecule has 1 fully saturated rings. The van der Waals surface area contributed by atoms with Crippen molar-refractivity contribution in [1.29, 1.82) is 5.26 Å². The minimum absolute atomic E-state index is 0.0462. The van der Waals surface area contributed by atoms with Crippen LogP contribution in [-0.4, -0.2) is 33.3 Å². The summed E-state index contributed by atoms with van der Waals surface area (Å²) >= 11 is 0. The highest BCUT2D eigenvalue weighted by molar-refractivity contribution is 5.92. The molecule has 1 saturated heterocycles. The minimum atomic E-state index is -1.05. The first kappa shape index (κ1) is 29.0. The van der Waals surface area contributed by atoms with Crippen LogP contribution in [0.25, 0.3) is 22.2 Å².